The van der Waals surface area contributed by atoms with Crippen molar-refractivity contribution >= 4 is 0 Å². The molecule has 0 aliphatic carbocycles. The predicted octanol–water partition coefficient (Wildman–Crippen LogP) is 2.59. The number of nitrogens with one attached hydrogen (secondary N) is 1. The summed E-state index contributed by atoms with van der Waals surface area (Å²) in [6.07, 6.45) is 1.83. The summed E-state index contributed by atoms with van der Waals surface area (Å²) in [6, 6.07) is 4.20. The van der Waals surface area contributed by atoms with Gasteiger partial charge < -0.3 is 0 Å². The number of aromatic amines is 1. The van der Waals surface area contributed by atoms with E-state index < -0.39 is 0 Å². The van der Waals surface area contributed by atoms with Crippen molar-refractivity contribution in [2.24, 2.45) is 7.05 Å². The van der Waals surface area contributed by atoms with E-state index in [1.807, 2.05) is 24.0 Å². The molecule has 0 spiro atoms. The lowest BCUT2D eigenvalue weighted by atomic mass is 9.85. The molecule has 0 aromatic carbocycles. The lowest BCUT2D eigenvalue weighted by Crippen LogP contribution is -2.23. The molecule has 4 heteroatoms. The smallest absolute Gasteiger partial charge is 0.0740 e. The van der Waals surface area contributed by atoms with E-state index in [1.54, 1.807) is 0 Å². The second-order valence-corrected chi connectivity index (χ2v) is 5.33. The number of hydrogen-bond donors (Lipinski definition) is 1. The molecule has 0 aliphatic heterocycles. The van der Waals surface area contributed by atoms with Crippen LogP contribution in [0.3, 0.4) is 0 Å². The minimum absolute atomic E-state index is 0.130. The normalized spacial score (nSPS) is 12.4. The Balaban J connectivity index is 2.41. The van der Waals surface area contributed by atoms with Crippen LogP contribution in [0.4, 0.5) is 0 Å². The van der Waals surface area contributed by atoms with Crippen molar-refractivity contribution in [2.45, 2.75) is 39.0 Å². The fourth-order valence-electron chi connectivity index (χ4n) is 2.07. The second kappa shape index (κ2) is 4.02. The molecule has 0 fully saturated rings. The molecule has 2 aromatic heterocycles. The molecule has 92 valence electrons. The first-order valence-corrected chi connectivity index (χ1v) is 5.97. The van der Waals surface area contributed by atoms with Crippen molar-refractivity contribution in [3.8, 4) is 0 Å². The first-order chi connectivity index (χ1) is 7.93. The molecule has 0 saturated carbocycles. The maximum Gasteiger partial charge on any atom is 0.0740 e. The highest BCUT2D eigenvalue weighted by atomic mass is 15.3. The van der Waals surface area contributed by atoms with Gasteiger partial charge in [-0.3, -0.25) is 9.78 Å². The molecule has 0 atom stereocenters. The molecule has 0 aliphatic rings. The topological polar surface area (TPSA) is 46.5 Å². The van der Waals surface area contributed by atoms with Gasteiger partial charge in [0.05, 0.1) is 11.1 Å². The Labute approximate surface area is 102 Å². The summed E-state index contributed by atoms with van der Waals surface area (Å²) in [5, 5.41) is 11.8. The molecule has 4 nitrogen and oxygen atoms in total. The Morgan fingerprint density at radius 2 is 2.06 bits per heavy atom. The van der Waals surface area contributed by atoms with Gasteiger partial charge in [-0.05, 0) is 31.9 Å². The van der Waals surface area contributed by atoms with E-state index in [0.29, 0.717) is 5.92 Å². The van der Waals surface area contributed by atoms with Crippen molar-refractivity contribution < 1.29 is 0 Å². The van der Waals surface area contributed by atoms with E-state index in [9.17, 15) is 0 Å². The highest BCUT2D eigenvalue weighted by Crippen LogP contribution is 2.30. The van der Waals surface area contributed by atoms with Gasteiger partial charge in [-0.25, -0.2) is 0 Å². The Bertz CT molecular complexity index is 505. The van der Waals surface area contributed by atoms with Crippen LogP contribution in [0, 0.1) is 0 Å². The van der Waals surface area contributed by atoms with Crippen LogP contribution in [-0.4, -0.2) is 20.0 Å². The first-order valence-electron chi connectivity index (χ1n) is 5.97. The molecule has 2 rings (SSSR count). The maximum absolute atomic E-state index is 4.44. The van der Waals surface area contributed by atoms with Gasteiger partial charge >= 0.3 is 0 Å². The molecular formula is C13H20N4. The van der Waals surface area contributed by atoms with Gasteiger partial charge in [0, 0.05) is 24.6 Å². The van der Waals surface area contributed by atoms with Crippen molar-refractivity contribution in [2.75, 3.05) is 0 Å². The molecule has 1 N–H and O–H groups in total. The number of H-pyrrole nitrogens is 1. The first kappa shape index (κ1) is 11.9. The third-order valence-electron chi connectivity index (χ3n) is 3.32. The summed E-state index contributed by atoms with van der Waals surface area (Å²) in [5.74, 6) is 0.471. The van der Waals surface area contributed by atoms with Crippen LogP contribution in [0.2, 0.25) is 0 Å². The van der Waals surface area contributed by atoms with Crippen LogP contribution in [0.15, 0.2) is 18.3 Å². The van der Waals surface area contributed by atoms with Crippen LogP contribution in [0.5, 0.6) is 0 Å². The summed E-state index contributed by atoms with van der Waals surface area (Å²) >= 11 is 0. The van der Waals surface area contributed by atoms with Crippen LogP contribution < -0.4 is 0 Å². The lowest BCUT2D eigenvalue weighted by Gasteiger charge is -2.22. The third kappa shape index (κ3) is 1.99. The maximum atomic E-state index is 4.44. The summed E-state index contributed by atoms with van der Waals surface area (Å²) < 4.78 is 1.91. The molecule has 0 bridgehead atoms. The van der Waals surface area contributed by atoms with Gasteiger partial charge in [0.2, 0.25) is 0 Å². The average molecular weight is 232 g/mol. The summed E-state index contributed by atoms with van der Waals surface area (Å²) in [5.41, 5.74) is 3.27. The zero-order valence-corrected chi connectivity index (χ0v) is 11.2. The van der Waals surface area contributed by atoms with Crippen LogP contribution >= 0.6 is 0 Å². The highest BCUT2D eigenvalue weighted by Gasteiger charge is 2.29. The summed E-state index contributed by atoms with van der Waals surface area (Å²) in [4.78, 5) is 0. The standard InChI is InChI=1S/C13H20N4/c1-9(2)10-8-11(16-15-10)13(3,4)12-6-7-14-17(12)5/h6-9H,1-5H3,(H,15,16). The molecule has 17 heavy (non-hydrogen) atoms. The highest BCUT2D eigenvalue weighted by molar-refractivity contribution is 5.30. The molecule has 0 unspecified atom stereocenters. The Morgan fingerprint density at radius 1 is 1.35 bits per heavy atom. The van der Waals surface area contributed by atoms with Gasteiger partial charge in [0.25, 0.3) is 0 Å². The van der Waals surface area contributed by atoms with Gasteiger partial charge in [-0.1, -0.05) is 13.8 Å². The van der Waals surface area contributed by atoms with Crippen molar-refractivity contribution in [1.82, 2.24) is 20.0 Å². The van der Waals surface area contributed by atoms with Crippen LogP contribution in [0.1, 0.15) is 50.7 Å². The molecule has 2 heterocycles. The van der Waals surface area contributed by atoms with E-state index in [4.69, 9.17) is 0 Å². The second-order valence-electron chi connectivity index (χ2n) is 5.33. The Hall–Kier alpha value is -1.58. The van der Waals surface area contributed by atoms with Gasteiger partial charge in [0.15, 0.2) is 0 Å². The number of hydrogen-bond acceptors (Lipinski definition) is 2. The minimum atomic E-state index is -0.130. The molecule has 0 radical (unpaired) electrons. The number of rotatable bonds is 3. The number of nitrogens with zero attached hydrogens (tertiary/aromatic N) is 3. The van der Waals surface area contributed by atoms with Crippen LogP contribution in [0.25, 0.3) is 0 Å². The lowest BCUT2D eigenvalue weighted by molar-refractivity contribution is 0.543. The molecular weight excluding hydrogens is 212 g/mol. The van der Waals surface area contributed by atoms with Gasteiger partial charge in [-0.15, -0.1) is 0 Å². The third-order valence-corrected chi connectivity index (χ3v) is 3.32. The SMILES string of the molecule is CC(C)c1cc(C(C)(C)c2ccnn2C)n[nH]1. The fraction of sp³-hybridized carbons (Fsp3) is 0.538. The predicted molar refractivity (Wildman–Crippen MR) is 68.0 cm³/mol. The van der Waals surface area contributed by atoms with Gasteiger partial charge in [-0.2, -0.15) is 10.2 Å². The van der Waals surface area contributed by atoms with Crippen molar-refractivity contribution in [1.29, 1.82) is 0 Å². The van der Waals surface area contributed by atoms with Gasteiger partial charge in [0.1, 0.15) is 0 Å². The number of aromatic nitrogens is 4. The molecule has 2 aromatic rings. The monoisotopic (exact) mass is 232 g/mol. The van der Waals surface area contributed by atoms with E-state index in [1.165, 1.54) is 11.4 Å². The fourth-order valence-corrected chi connectivity index (χ4v) is 2.07. The quantitative estimate of drug-likeness (QED) is 0.884. The summed E-state index contributed by atoms with van der Waals surface area (Å²) in [7, 11) is 1.97. The minimum Gasteiger partial charge on any atom is -0.282 e. The van der Waals surface area contributed by atoms with Crippen LogP contribution in [-0.2, 0) is 12.5 Å². The largest absolute Gasteiger partial charge is 0.282 e. The zero-order chi connectivity index (χ0) is 12.6. The number of aryl methyl sites for hydroxylation is 1. The zero-order valence-electron chi connectivity index (χ0n) is 11.2. The van der Waals surface area contributed by atoms with E-state index in [2.05, 4.69) is 49.1 Å². The van der Waals surface area contributed by atoms with E-state index >= 15 is 0 Å². The molecule has 0 saturated heterocycles. The van der Waals surface area contributed by atoms with E-state index in [0.717, 1.165) is 5.69 Å². The Kier molecular flexibility index (Phi) is 2.81. The van der Waals surface area contributed by atoms with E-state index in [-0.39, 0.29) is 5.41 Å². The van der Waals surface area contributed by atoms with Crippen molar-refractivity contribution in [3.63, 3.8) is 0 Å². The van der Waals surface area contributed by atoms with Crippen molar-refractivity contribution in [3.05, 3.63) is 35.4 Å². The molecule has 0 amide bonds. The Morgan fingerprint density at radius 3 is 2.53 bits per heavy atom. The average Bonchev–Trinajstić information content (AvgIpc) is 2.84. The summed E-state index contributed by atoms with van der Waals surface area (Å²) in [6.45, 7) is 8.66.